The molecule has 0 aliphatic heterocycles. The minimum absolute atomic E-state index is 0.648. The lowest BCUT2D eigenvalue weighted by Gasteiger charge is -2.16. The molecular formula is C15H19N3OS. The Morgan fingerprint density at radius 1 is 1.35 bits per heavy atom. The monoisotopic (exact) mass is 289 g/mol. The number of rotatable bonds is 5. The van der Waals surface area contributed by atoms with Crippen molar-refractivity contribution in [2.24, 2.45) is 17.8 Å². The fourth-order valence-corrected chi connectivity index (χ4v) is 3.51. The van der Waals surface area contributed by atoms with Gasteiger partial charge in [-0.3, -0.25) is 0 Å². The lowest BCUT2D eigenvalue weighted by molar-refractivity contribution is 0.350. The SMILES string of the molecule is COc1ccc2[nH]c(=S)n(CC(C3CC3)C3CC3)c2n1. The highest BCUT2D eigenvalue weighted by Crippen LogP contribution is 2.50. The van der Waals surface area contributed by atoms with E-state index in [2.05, 4.69) is 14.5 Å². The first kappa shape index (κ1) is 12.4. The van der Waals surface area contributed by atoms with Crippen LogP contribution in [0.2, 0.25) is 0 Å². The second-order valence-corrected chi connectivity index (χ2v) is 6.49. The van der Waals surface area contributed by atoms with Gasteiger partial charge < -0.3 is 14.3 Å². The van der Waals surface area contributed by atoms with Crippen LogP contribution in [0.3, 0.4) is 0 Å². The number of hydrogen-bond acceptors (Lipinski definition) is 3. The molecule has 1 N–H and O–H groups in total. The molecular weight excluding hydrogens is 270 g/mol. The van der Waals surface area contributed by atoms with Gasteiger partial charge in [0, 0.05) is 12.6 Å². The van der Waals surface area contributed by atoms with E-state index < -0.39 is 0 Å². The summed E-state index contributed by atoms with van der Waals surface area (Å²) in [4.78, 5) is 7.83. The van der Waals surface area contributed by atoms with Crippen molar-refractivity contribution in [2.75, 3.05) is 7.11 Å². The molecule has 2 heterocycles. The Morgan fingerprint density at radius 3 is 2.65 bits per heavy atom. The second-order valence-electron chi connectivity index (χ2n) is 6.10. The van der Waals surface area contributed by atoms with Crippen LogP contribution >= 0.6 is 12.2 Å². The summed E-state index contributed by atoms with van der Waals surface area (Å²) in [7, 11) is 1.65. The molecule has 0 saturated heterocycles. The van der Waals surface area contributed by atoms with Crippen molar-refractivity contribution in [3.63, 3.8) is 0 Å². The van der Waals surface area contributed by atoms with Crippen molar-refractivity contribution < 1.29 is 4.74 Å². The molecule has 2 fully saturated rings. The Morgan fingerprint density at radius 2 is 2.05 bits per heavy atom. The number of aromatic nitrogens is 3. The van der Waals surface area contributed by atoms with Gasteiger partial charge in [0.1, 0.15) is 0 Å². The third kappa shape index (κ3) is 2.14. The first-order valence-corrected chi connectivity index (χ1v) is 7.80. The molecule has 0 amide bonds. The number of imidazole rings is 1. The summed E-state index contributed by atoms with van der Waals surface area (Å²) in [6.45, 7) is 1.01. The van der Waals surface area contributed by atoms with Crippen LogP contribution in [0.15, 0.2) is 12.1 Å². The van der Waals surface area contributed by atoms with E-state index in [1.165, 1.54) is 25.7 Å². The molecule has 4 rings (SSSR count). The third-order valence-electron chi connectivity index (χ3n) is 4.65. The highest BCUT2D eigenvalue weighted by atomic mass is 32.1. The second kappa shape index (κ2) is 4.58. The molecule has 0 spiro atoms. The molecule has 2 aromatic rings. The standard InChI is InChI=1S/C15H19N3OS/c1-19-13-7-6-12-14(17-13)18(15(20)16-12)8-11(9-2-3-9)10-4-5-10/h6-7,9-11H,2-5,8H2,1H3,(H,16,20). The van der Waals surface area contributed by atoms with E-state index in [0.29, 0.717) is 5.88 Å². The molecule has 2 aliphatic carbocycles. The molecule has 0 radical (unpaired) electrons. The maximum absolute atomic E-state index is 5.49. The largest absolute Gasteiger partial charge is 0.481 e. The van der Waals surface area contributed by atoms with Crippen molar-refractivity contribution in [3.05, 3.63) is 16.9 Å². The Bertz CT molecular complexity index is 685. The quantitative estimate of drug-likeness (QED) is 0.856. The van der Waals surface area contributed by atoms with Gasteiger partial charge in [-0.05, 0) is 61.7 Å². The van der Waals surface area contributed by atoms with Gasteiger partial charge in [-0.2, -0.15) is 4.98 Å². The zero-order valence-corrected chi connectivity index (χ0v) is 12.4. The van der Waals surface area contributed by atoms with Gasteiger partial charge in [-0.15, -0.1) is 0 Å². The smallest absolute Gasteiger partial charge is 0.215 e. The van der Waals surface area contributed by atoms with E-state index in [9.17, 15) is 0 Å². The lowest BCUT2D eigenvalue weighted by Crippen LogP contribution is -2.15. The molecule has 106 valence electrons. The average molecular weight is 289 g/mol. The van der Waals surface area contributed by atoms with Crippen LogP contribution in [0.4, 0.5) is 0 Å². The fourth-order valence-electron chi connectivity index (χ4n) is 3.24. The first-order chi connectivity index (χ1) is 9.76. The Hall–Kier alpha value is -1.36. The first-order valence-electron chi connectivity index (χ1n) is 7.40. The Kier molecular flexibility index (Phi) is 2.84. The lowest BCUT2D eigenvalue weighted by atomic mass is 9.98. The maximum atomic E-state index is 5.49. The van der Waals surface area contributed by atoms with Gasteiger partial charge in [0.25, 0.3) is 0 Å². The van der Waals surface area contributed by atoms with Crippen molar-refractivity contribution in [3.8, 4) is 5.88 Å². The van der Waals surface area contributed by atoms with E-state index in [4.69, 9.17) is 17.0 Å². The van der Waals surface area contributed by atoms with Crippen LogP contribution in [0, 0.1) is 22.5 Å². The predicted molar refractivity (Wildman–Crippen MR) is 80.4 cm³/mol. The predicted octanol–water partition coefficient (Wildman–Crippen LogP) is 3.54. The molecule has 2 aromatic heterocycles. The number of nitrogens with one attached hydrogen (secondary N) is 1. The van der Waals surface area contributed by atoms with Crippen molar-refractivity contribution >= 4 is 23.4 Å². The number of aromatic amines is 1. The van der Waals surface area contributed by atoms with Crippen molar-refractivity contribution in [2.45, 2.75) is 32.2 Å². The molecule has 4 nitrogen and oxygen atoms in total. The molecule has 0 aromatic carbocycles. The van der Waals surface area contributed by atoms with Gasteiger partial charge in [-0.25, -0.2) is 0 Å². The minimum Gasteiger partial charge on any atom is -0.481 e. The zero-order chi connectivity index (χ0) is 13.7. The summed E-state index contributed by atoms with van der Waals surface area (Å²) in [5.74, 6) is 3.27. The Balaban J connectivity index is 1.73. The van der Waals surface area contributed by atoms with E-state index in [-0.39, 0.29) is 0 Å². The molecule has 0 unspecified atom stereocenters. The van der Waals surface area contributed by atoms with Gasteiger partial charge in [0.05, 0.1) is 12.6 Å². The Labute approximate surface area is 123 Å². The van der Waals surface area contributed by atoms with E-state index in [1.807, 2.05) is 12.1 Å². The van der Waals surface area contributed by atoms with E-state index in [0.717, 1.165) is 40.2 Å². The fraction of sp³-hybridized carbons (Fsp3) is 0.600. The summed E-state index contributed by atoms with van der Waals surface area (Å²) in [6, 6.07) is 3.87. The number of ether oxygens (including phenoxy) is 1. The van der Waals surface area contributed by atoms with Crippen LogP contribution < -0.4 is 4.74 Å². The number of hydrogen-bond donors (Lipinski definition) is 1. The number of pyridine rings is 1. The summed E-state index contributed by atoms with van der Waals surface area (Å²) < 4.78 is 8.20. The molecule has 0 atom stereocenters. The summed E-state index contributed by atoms with van der Waals surface area (Å²) in [6.07, 6.45) is 5.59. The van der Waals surface area contributed by atoms with Crippen LogP contribution in [-0.2, 0) is 6.54 Å². The van der Waals surface area contributed by atoms with E-state index in [1.54, 1.807) is 7.11 Å². The number of methoxy groups -OCH3 is 1. The molecule has 0 bridgehead atoms. The number of fused-ring (bicyclic) bond motifs is 1. The van der Waals surface area contributed by atoms with Crippen LogP contribution in [-0.4, -0.2) is 21.6 Å². The normalized spacial score (nSPS) is 18.9. The summed E-state index contributed by atoms with van der Waals surface area (Å²) in [5.41, 5.74) is 1.93. The minimum atomic E-state index is 0.648. The molecule has 5 heteroatoms. The molecule has 2 aliphatic rings. The average Bonchev–Trinajstić information content (AvgIpc) is 3.34. The molecule has 2 saturated carbocycles. The number of H-pyrrole nitrogens is 1. The maximum Gasteiger partial charge on any atom is 0.215 e. The van der Waals surface area contributed by atoms with Gasteiger partial charge in [0.2, 0.25) is 5.88 Å². The van der Waals surface area contributed by atoms with Crippen molar-refractivity contribution in [1.29, 1.82) is 0 Å². The summed E-state index contributed by atoms with van der Waals surface area (Å²) in [5, 5.41) is 0. The van der Waals surface area contributed by atoms with E-state index >= 15 is 0 Å². The van der Waals surface area contributed by atoms with Crippen LogP contribution in [0.5, 0.6) is 5.88 Å². The topological polar surface area (TPSA) is 42.8 Å². The van der Waals surface area contributed by atoms with Gasteiger partial charge in [-0.1, -0.05) is 0 Å². The number of nitrogens with zero attached hydrogens (tertiary/aromatic N) is 2. The highest BCUT2D eigenvalue weighted by molar-refractivity contribution is 7.71. The molecule has 20 heavy (non-hydrogen) atoms. The van der Waals surface area contributed by atoms with Gasteiger partial charge >= 0.3 is 0 Å². The van der Waals surface area contributed by atoms with Gasteiger partial charge in [0.15, 0.2) is 10.4 Å². The van der Waals surface area contributed by atoms with Crippen LogP contribution in [0.25, 0.3) is 11.2 Å². The van der Waals surface area contributed by atoms with Crippen molar-refractivity contribution in [1.82, 2.24) is 14.5 Å². The highest BCUT2D eigenvalue weighted by Gasteiger charge is 2.41. The summed E-state index contributed by atoms with van der Waals surface area (Å²) >= 11 is 5.49. The van der Waals surface area contributed by atoms with Crippen LogP contribution in [0.1, 0.15) is 25.7 Å². The third-order valence-corrected chi connectivity index (χ3v) is 4.97. The zero-order valence-electron chi connectivity index (χ0n) is 11.6.